The molecule has 1 aromatic carbocycles. The van der Waals surface area contributed by atoms with Crippen LogP contribution in [-0.4, -0.2) is 21.4 Å². The molecule has 0 aliphatic rings. The summed E-state index contributed by atoms with van der Waals surface area (Å²) in [6, 6.07) is 5.63. The maximum absolute atomic E-state index is 12.0. The largest absolute Gasteiger partial charge is 0.542 e. The van der Waals surface area contributed by atoms with Gasteiger partial charge in [-0.25, -0.2) is 4.79 Å². The van der Waals surface area contributed by atoms with E-state index in [0.29, 0.717) is 27.5 Å². The molecule has 23 heavy (non-hydrogen) atoms. The molecule has 0 atom stereocenters. The van der Waals surface area contributed by atoms with Crippen LogP contribution in [-0.2, 0) is 10.1 Å². The highest BCUT2D eigenvalue weighted by atomic mass is 79.9. The van der Waals surface area contributed by atoms with E-state index in [1.54, 1.807) is 6.07 Å². The third kappa shape index (κ3) is 3.99. The average Bonchev–Trinajstić information content (AvgIpc) is 2.50. The van der Waals surface area contributed by atoms with Crippen LogP contribution in [0.4, 0.5) is 0 Å². The summed E-state index contributed by atoms with van der Waals surface area (Å²) in [5.41, 5.74) is 2.88. The lowest BCUT2D eigenvalue weighted by Crippen LogP contribution is -2.50. The molecule has 0 aliphatic carbocycles. The molecule has 0 spiro atoms. The Hall–Kier alpha value is -0.813. The van der Waals surface area contributed by atoms with Gasteiger partial charge in [0, 0.05) is 10.9 Å². The number of methoxy groups -OCH3 is 1. The molecule has 5 heteroatoms. The van der Waals surface area contributed by atoms with Gasteiger partial charge in [0.1, 0.15) is 5.75 Å². The van der Waals surface area contributed by atoms with Crippen molar-refractivity contribution in [3.63, 3.8) is 0 Å². The Labute approximate surface area is 150 Å². The second-order valence-corrected chi connectivity index (χ2v) is 12.8. The Morgan fingerprint density at radius 1 is 1.09 bits per heavy atom. The van der Waals surface area contributed by atoms with Crippen molar-refractivity contribution in [1.29, 1.82) is 0 Å². The standard InChI is InChI=1S/C18H29BrO3Si/c1-12(2)23(13(3)4,14(5)6)22-17-10-8-9-15(16(17)11-19)18(20)21-7/h8-10,12-14H,11H2,1-7H3. The molecule has 0 saturated heterocycles. The molecule has 0 N–H and O–H groups in total. The van der Waals surface area contributed by atoms with Gasteiger partial charge in [-0.05, 0) is 28.8 Å². The fourth-order valence-electron chi connectivity index (χ4n) is 3.64. The molecule has 1 aromatic rings. The van der Waals surface area contributed by atoms with Crippen molar-refractivity contribution in [2.75, 3.05) is 7.11 Å². The SMILES string of the molecule is COC(=O)c1cccc(O[Si](C(C)C)(C(C)C)C(C)C)c1CBr. The van der Waals surface area contributed by atoms with E-state index in [-0.39, 0.29) is 5.97 Å². The number of carbonyl (C=O) groups excluding carboxylic acids is 1. The summed E-state index contributed by atoms with van der Waals surface area (Å²) < 4.78 is 11.6. The number of carbonyl (C=O) groups is 1. The molecule has 0 fully saturated rings. The zero-order valence-electron chi connectivity index (χ0n) is 15.3. The maximum atomic E-state index is 12.0. The van der Waals surface area contributed by atoms with Gasteiger partial charge < -0.3 is 9.16 Å². The fourth-order valence-corrected chi connectivity index (χ4v) is 9.50. The first-order valence-corrected chi connectivity index (χ1v) is 11.4. The molecule has 130 valence electrons. The average molecular weight is 401 g/mol. The molecule has 0 amide bonds. The van der Waals surface area contributed by atoms with Crippen LogP contribution in [0.25, 0.3) is 0 Å². The van der Waals surface area contributed by atoms with Crippen LogP contribution in [0, 0.1) is 0 Å². The topological polar surface area (TPSA) is 35.5 Å². The monoisotopic (exact) mass is 400 g/mol. The first kappa shape index (κ1) is 20.2. The first-order chi connectivity index (χ1) is 10.7. The van der Waals surface area contributed by atoms with Gasteiger partial charge in [0.05, 0.1) is 12.7 Å². The summed E-state index contributed by atoms with van der Waals surface area (Å²) in [5.74, 6) is 0.489. The predicted molar refractivity (Wildman–Crippen MR) is 102 cm³/mol. The summed E-state index contributed by atoms with van der Waals surface area (Å²) >= 11 is 3.50. The lowest BCUT2D eigenvalue weighted by Gasteiger charge is -2.42. The van der Waals surface area contributed by atoms with E-state index in [0.717, 1.165) is 11.3 Å². The smallest absolute Gasteiger partial charge is 0.338 e. The van der Waals surface area contributed by atoms with Crippen LogP contribution < -0.4 is 4.43 Å². The minimum Gasteiger partial charge on any atom is -0.542 e. The highest BCUT2D eigenvalue weighted by Crippen LogP contribution is 2.44. The van der Waals surface area contributed by atoms with E-state index in [1.165, 1.54) is 7.11 Å². The highest BCUT2D eigenvalue weighted by molar-refractivity contribution is 9.08. The van der Waals surface area contributed by atoms with Gasteiger partial charge in [-0.15, -0.1) is 0 Å². The molecule has 0 heterocycles. The Bertz CT molecular complexity index is 519. The van der Waals surface area contributed by atoms with Crippen molar-refractivity contribution in [3.8, 4) is 5.75 Å². The number of halogens is 1. The van der Waals surface area contributed by atoms with E-state index in [2.05, 4.69) is 57.5 Å². The van der Waals surface area contributed by atoms with E-state index in [9.17, 15) is 4.79 Å². The van der Waals surface area contributed by atoms with Gasteiger partial charge in [0.15, 0.2) is 0 Å². The van der Waals surface area contributed by atoms with Gasteiger partial charge in [-0.1, -0.05) is 63.5 Å². The summed E-state index contributed by atoms with van der Waals surface area (Å²) in [5, 5.41) is 0.562. The number of benzene rings is 1. The molecule has 0 aromatic heterocycles. The molecule has 3 nitrogen and oxygen atoms in total. The van der Waals surface area contributed by atoms with Gasteiger partial charge in [0.25, 0.3) is 8.32 Å². The van der Waals surface area contributed by atoms with E-state index in [4.69, 9.17) is 9.16 Å². The van der Waals surface area contributed by atoms with Crippen LogP contribution >= 0.6 is 15.9 Å². The van der Waals surface area contributed by atoms with Crippen molar-refractivity contribution in [2.24, 2.45) is 0 Å². The highest BCUT2D eigenvalue weighted by Gasteiger charge is 2.47. The Morgan fingerprint density at radius 2 is 1.61 bits per heavy atom. The van der Waals surface area contributed by atoms with Crippen LogP contribution in [0.5, 0.6) is 5.75 Å². The first-order valence-electron chi connectivity index (χ1n) is 8.17. The van der Waals surface area contributed by atoms with Gasteiger partial charge in [-0.2, -0.15) is 0 Å². The van der Waals surface area contributed by atoms with Crippen molar-refractivity contribution < 1.29 is 14.0 Å². The van der Waals surface area contributed by atoms with Crippen molar-refractivity contribution in [3.05, 3.63) is 29.3 Å². The van der Waals surface area contributed by atoms with Crippen LogP contribution in [0.3, 0.4) is 0 Å². The van der Waals surface area contributed by atoms with Crippen LogP contribution in [0.1, 0.15) is 57.5 Å². The molecular formula is C18H29BrO3Si. The molecule has 0 bridgehead atoms. The molecular weight excluding hydrogens is 372 g/mol. The maximum Gasteiger partial charge on any atom is 0.338 e. The van der Waals surface area contributed by atoms with E-state index < -0.39 is 8.32 Å². The van der Waals surface area contributed by atoms with Crippen molar-refractivity contribution in [1.82, 2.24) is 0 Å². The molecule has 0 saturated carbocycles. The molecule has 0 radical (unpaired) electrons. The minimum absolute atomic E-state index is 0.323. The van der Waals surface area contributed by atoms with E-state index >= 15 is 0 Å². The lowest BCUT2D eigenvalue weighted by atomic mass is 10.1. The second-order valence-electron chi connectivity index (χ2n) is 6.83. The Balaban J connectivity index is 3.43. The van der Waals surface area contributed by atoms with Gasteiger partial charge in [-0.3, -0.25) is 0 Å². The quantitative estimate of drug-likeness (QED) is 0.323. The van der Waals surface area contributed by atoms with E-state index in [1.807, 2.05) is 12.1 Å². The number of hydrogen-bond acceptors (Lipinski definition) is 3. The summed E-state index contributed by atoms with van der Waals surface area (Å²) in [7, 11) is -0.651. The Kier molecular flexibility index (Phi) is 7.33. The summed E-state index contributed by atoms with van der Waals surface area (Å²) in [4.78, 5) is 12.0. The molecule has 0 unspecified atom stereocenters. The number of rotatable bonds is 7. The van der Waals surface area contributed by atoms with Crippen LogP contribution in [0.15, 0.2) is 18.2 Å². The lowest BCUT2D eigenvalue weighted by molar-refractivity contribution is 0.0599. The Morgan fingerprint density at radius 3 is 2.00 bits per heavy atom. The predicted octanol–water partition coefficient (Wildman–Crippen LogP) is 5.92. The second kappa shape index (κ2) is 8.33. The third-order valence-electron chi connectivity index (χ3n) is 4.67. The minimum atomic E-state index is -2.06. The zero-order valence-corrected chi connectivity index (χ0v) is 17.9. The summed E-state index contributed by atoms with van der Waals surface area (Å²) in [6.45, 7) is 13.5. The van der Waals surface area contributed by atoms with Gasteiger partial charge in [0.2, 0.25) is 0 Å². The molecule has 1 rings (SSSR count). The zero-order chi connectivity index (χ0) is 17.8. The number of ether oxygens (including phenoxy) is 1. The van der Waals surface area contributed by atoms with Crippen molar-refractivity contribution >= 4 is 30.2 Å². The third-order valence-corrected chi connectivity index (χ3v) is 11.2. The summed E-state index contributed by atoms with van der Waals surface area (Å²) in [6.07, 6.45) is 0. The van der Waals surface area contributed by atoms with Gasteiger partial charge >= 0.3 is 5.97 Å². The van der Waals surface area contributed by atoms with Crippen molar-refractivity contribution in [2.45, 2.75) is 63.5 Å². The fraction of sp³-hybridized carbons (Fsp3) is 0.611. The normalized spacial score (nSPS) is 12.1. The van der Waals surface area contributed by atoms with Crippen LogP contribution in [0.2, 0.25) is 16.6 Å². The number of esters is 1. The number of alkyl halides is 1. The molecule has 0 aliphatic heterocycles. The number of hydrogen-bond donors (Lipinski definition) is 0.